The fourth-order valence-electron chi connectivity index (χ4n) is 1.31. The lowest BCUT2D eigenvalue weighted by molar-refractivity contribution is -0.142. The van der Waals surface area contributed by atoms with Crippen molar-refractivity contribution in [1.29, 1.82) is 5.26 Å². The van der Waals surface area contributed by atoms with Crippen molar-refractivity contribution in [2.45, 2.75) is 12.5 Å². The Kier molecular flexibility index (Phi) is 4.55. The van der Waals surface area contributed by atoms with Crippen LogP contribution in [0.5, 0.6) is 0 Å². The van der Waals surface area contributed by atoms with Crippen LogP contribution >= 0.6 is 0 Å². The molecule has 0 spiro atoms. The predicted octanol–water partition coefficient (Wildman–Crippen LogP) is 1.95. The summed E-state index contributed by atoms with van der Waals surface area (Å²) in [4.78, 5) is 13.9. The topological polar surface area (TPSA) is 98.9 Å². The third-order valence-corrected chi connectivity index (χ3v) is 2.18. The number of ether oxygens (including phenoxy) is 1. The van der Waals surface area contributed by atoms with Gasteiger partial charge in [0, 0.05) is 4.91 Å². The molecule has 0 heterocycles. The molecule has 0 N–H and O–H groups in total. The third kappa shape index (κ3) is 3.52. The second kappa shape index (κ2) is 6.16. The van der Waals surface area contributed by atoms with Crippen LogP contribution in [0.3, 0.4) is 0 Å². The molecule has 0 unspecified atom stereocenters. The van der Waals surface area contributed by atoms with E-state index in [9.17, 15) is 4.79 Å². The molecular weight excluding hydrogens is 220 g/mol. The Morgan fingerprint density at radius 2 is 2.24 bits per heavy atom. The molecule has 0 aliphatic heterocycles. The SMILES string of the molecule is COC(=O)[C@@H](Cc1ccc(C#N)cc1)N=[N+]=[N-]. The third-order valence-electron chi connectivity index (χ3n) is 2.18. The molecule has 17 heavy (non-hydrogen) atoms. The normalized spacial score (nSPS) is 10.8. The standard InChI is InChI=1S/C11H10N4O2/c1-17-11(16)10(14-15-13)6-8-2-4-9(7-12)5-3-8/h2-5,10H,6H2,1H3/t10-/m1/s1. The zero-order valence-electron chi connectivity index (χ0n) is 9.20. The van der Waals surface area contributed by atoms with E-state index in [-0.39, 0.29) is 6.42 Å². The number of rotatable bonds is 4. The molecule has 1 atom stereocenters. The first kappa shape index (κ1) is 12.6. The highest BCUT2D eigenvalue weighted by Crippen LogP contribution is 2.09. The molecule has 0 saturated heterocycles. The molecule has 1 aromatic carbocycles. The number of nitrogens with zero attached hydrogens (tertiary/aromatic N) is 4. The van der Waals surface area contributed by atoms with Gasteiger partial charge in [0.2, 0.25) is 0 Å². The van der Waals surface area contributed by atoms with Crippen LogP contribution in [-0.4, -0.2) is 19.1 Å². The lowest BCUT2D eigenvalue weighted by atomic mass is 10.1. The van der Waals surface area contributed by atoms with Gasteiger partial charge in [-0.3, -0.25) is 4.79 Å². The highest BCUT2D eigenvalue weighted by molar-refractivity contribution is 5.76. The van der Waals surface area contributed by atoms with Crippen molar-refractivity contribution in [2.75, 3.05) is 7.11 Å². The van der Waals surface area contributed by atoms with Crippen LogP contribution in [-0.2, 0) is 16.0 Å². The molecule has 86 valence electrons. The van der Waals surface area contributed by atoms with E-state index in [2.05, 4.69) is 14.8 Å². The van der Waals surface area contributed by atoms with Gasteiger partial charge in [-0.2, -0.15) is 5.26 Å². The molecule has 0 aliphatic carbocycles. The molecule has 0 aliphatic rings. The summed E-state index contributed by atoms with van der Waals surface area (Å²) in [5.41, 5.74) is 9.68. The summed E-state index contributed by atoms with van der Waals surface area (Å²) in [6.07, 6.45) is 0.252. The van der Waals surface area contributed by atoms with Gasteiger partial charge < -0.3 is 4.74 Å². The van der Waals surface area contributed by atoms with Gasteiger partial charge in [-0.15, -0.1) is 0 Å². The number of methoxy groups -OCH3 is 1. The predicted molar refractivity (Wildman–Crippen MR) is 59.8 cm³/mol. The van der Waals surface area contributed by atoms with Gasteiger partial charge in [0.15, 0.2) is 0 Å². The first-order chi connectivity index (χ1) is 8.21. The molecule has 0 radical (unpaired) electrons. The molecule has 1 rings (SSSR count). The van der Waals surface area contributed by atoms with E-state index >= 15 is 0 Å². The van der Waals surface area contributed by atoms with Crippen molar-refractivity contribution in [1.82, 2.24) is 0 Å². The zero-order valence-corrected chi connectivity index (χ0v) is 9.20. The second-order valence-corrected chi connectivity index (χ2v) is 3.26. The number of carbonyl (C=O) groups is 1. The number of hydrogen-bond donors (Lipinski definition) is 0. The highest BCUT2D eigenvalue weighted by atomic mass is 16.5. The molecule has 0 bridgehead atoms. The average molecular weight is 230 g/mol. The van der Waals surface area contributed by atoms with E-state index in [1.54, 1.807) is 24.3 Å². The number of nitriles is 1. The van der Waals surface area contributed by atoms with E-state index in [1.807, 2.05) is 6.07 Å². The molecule has 6 heteroatoms. The fraction of sp³-hybridized carbons (Fsp3) is 0.273. The van der Waals surface area contributed by atoms with Gasteiger partial charge in [-0.05, 0) is 29.6 Å². The van der Waals surface area contributed by atoms with Crippen molar-refractivity contribution >= 4 is 5.97 Å². The number of azide groups is 1. The molecule has 0 aromatic heterocycles. The lowest BCUT2D eigenvalue weighted by Crippen LogP contribution is -2.22. The molecular formula is C11H10N4O2. The molecule has 0 saturated carbocycles. The maximum absolute atomic E-state index is 11.3. The average Bonchev–Trinajstić information content (AvgIpc) is 2.38. The zero-order chi connectivity index (χ0) is 12.7. The minimum atomic E-state index is -0.877. The van der Waals surface area contributed by atoms with Crippen LogP contribution < -0.4 is 0 Å². The summed E-state index contributed by atoms with van der Waals surface area (Å²) < 4.78 is 4.53. The van der Waals surface area contributed by atoms with Crippen LogP contribution in [0.2, 0.25) is 0 Å². The summed E-state index contributed by atoms with van der Waals surface area (Å²) >= 11 is 0. The van der Waals surface area contributed by atoms with Crippen molar-refractivity contribution in [3.8, 4) is 6.07 Å². The van der Waals surface area contributed by atoms with Gasteiger partial charge in [0.05, 0.1) is 18.7 Å². The largest absolute Gasteiger partial charge is 0.469 e. The number of carbonyl (C=O) groups excluding carboxylic acids is 1. The molecule has 1 aromatic rings. The van der Waals surface area contributed by atoms with Crippen molar-refractivity contribution in [3.05, 3.63) is 45.8 Å². The summed E-state index contributed by atoms with van der Waals surface area (Å²) in [6, 6.07) is 7.81. The van der Waals surface area contributed by atoms with Crippen molar-refractivity contribution in [3.63, 3.8) is 0 Å². The van der Waals surface area contributed by atoms with Crippen molar-refractivity contribution in [2.24, 2.45) is 5.11 Å². The smallest absolute Gasteiger partial charge is 0.314 e. The van der Waals surface area contributed by atoms with Gasteiger partial charge in [0.1, 0.15) is 6.04 Å². The maximum Gasteiger partial charge on any atom is 0.314 e. The van der Waals surface area contributed by atoms with Gasteiger partial charge >= 0.3 is 5.97 Å². The van der Waals surface area contributed by atoms with E-state index in [0.717, 1.165) is 5.56 Å². The molecule has 0 fully saturated rings. The summed E-state index contributed by atoms with van der Waals surface area (Å²) in [6.45, 7) is 0. The summed E-state index contributed by atoms with van der Waals surface area (Å²) in [7, 11) is 1.24. The number of esters is 1. The number of benzene rings is 1. The van der Waals surface area contributed by atoms with E-state index < -0.39 is 12.0 Å². The summed E-state index contributed by atoms with van der Waals surface area (Å²) in [5.74, 6) is -0.577. The van der Waals surface area contributed by atoms with Crippen LogP contribution in [0.25, 0.3) is 10.4 Å². The maximum atomic E-state index is 11.3. The van der Waals surface area contributed by atoms with Crippen LogP contribution in [0.4, 0.5) is 0 Å². The summed E-state index contributed by atoms with van der Waals surface area (Å²) in [5, 5.41) is 12.0. The minimum absolute atomic E-state index is 0.252. The number of hydrogen-bond acceptors (Lipinski definition) is 4. The highest BCUT2D eigenvalue weighted by Gasteiger charge is 2.17. The van der Waals surface area contributed by atoms with Crippen molar-refractivity contribution < 1.29 is 9.53 Å². The van der Waals surface area contributed by atoms with Gasteiger partial charge in [-0.1, -0.05) is 17.2 Å². The van der Waals surface area contributed by atoms with Gasteiger partial charge in [-0.25, -0.2) is 0 Å². The fourth-order valence-corrected chi connectivity index (χ4v) is 1.31. The van der Waals surface area contributed by atoms with Crippen LogP contribution in [0.15, 0.2) is 29.4 Å². The minimum Gasteiger partial charge on any atom is -0.469 e. The Hall–Kier alpha value is -2.51. The Bertz CT molecular complexity index is 483. The molecule has 0 amide bonds. The van der Waals surface area contributed by atoms with Crippen LogP contribution in [0.1, 0.15) is 11.1 Å². The van der Waals surface area contributed by atoms with Crippen LogP contribution in [0, 0.1) is 11.3 Å². The van der Waals surface area contributed by atoms with E-state index in [1.165, 1.54) is 7.11 Å². The van der Waals surface area contributed by atoms with Gasteiger partial charge in [0.25, 0.3) is 0 Å². The quantitative estimate of drug-likeness (QED) is 0.342. The Labute approximate surface area is 98.1 Å². The Balaban J connectivity index is 2.82. The second-order valence-electron chi connectivity index (χ2n) is 3.26. The van der Waals surface area contributed by atoms with E-state index in [0.29, 0.717) is 5.56 Å². The Morgan fingerprint density at radius 1 is 1.59 bits per heavy atom. The Morgan fingerprint density at radius 3 is 2.71 bits per heavy atom. The first-order valence-corrected chi connectivity index (χ1v) is 4.82. The molecule has 6 nitrogen and oxygen atoms in total. The monoisotopic (exact) mass is 230 g/mol. The first-order valence-electron chi connectivity index (χ1n) is 4.82. The lowest BCUT2D eigenvalue weighted by Gasteiger charge is -2.08. The van der Waals surface area contributed by atoms with E-state index in [4.69, 9.17) is 10.8 Å².